The summed E-state index contributed by atoms with van der Waals surface area (Å²) in [5.41, 5.74) is -0.555. The fraction of sp³-hybridized carbons (Fsp3) is 0.231. The number of hydrogen-bond donors (Lipinski definition) is 0. The van der Waals surface area contributed by atoms with Gasteiger partial charge in [-0.15, -0.1) is 0 Å². The molecule has 1 aromatic carbocycles. The van der Waals surface area contributed by atoms with Crippen molar-refractivity contribution in [3.05, 3.63) is 66.0 Å². The molecule has 1 heterocycles. The van der Waals surface area contributed by atoms with Crippen molar-refractivity contribution in [3.8, 4) is 0 Å². The van der Waals surface area contributed by atoms with Crippen LogP contribution in [0.4, 0.5) is 8.78 Å². The second-order valence-electron chi connectivity index (χ2n) is 4.19. The van der Waals surface area contributed by atoms with Gasteiger partial charge in [0.05, 0.1) is 10.1 Å². The maximum Gasteiger partial charge on any atom is 0.331 e. The molecule has 0 amide bonds. The van der Waals surface area contributed by atoms with Crippen molar-refractivity contribution in [1.29, 1.82) is 0 Å². The fourth-order valence-corrected chi connectivity index (χ4v) is 2.43. The molecule has 0 saturated carbocycles. The zero-order chi connectivity index (χ0) is 14.9. The summed E-state index contributed by atoms with van der Waals surface area (Å²) in [6, 6.07) is 3.31. The summed E-state index contributed by atoms with van der Waals surface area (Å²) >= 11 is 1.84. The lowest BCUT2D eigenvalue weighted by Gasteiger charge is -2.10. The SMILES string of the molecule is CCn1cc(I)c(=O)n(Cc2ccc(F)c(F)c2)c1=O. The zero-order valence-electron chi connectivity index (χ0n) is 10.6. The van der Waals surface area contributed by atoms with E-state index in [4.69, 9.17) is 0 Å². The smallest absolute Gasteiger partial charge is 0.300 e. The summed E-state index contributed by atoms with van der Waals surface area (Å²) in [4.78, 5) is 24.1. The standard InChI is InChI=1S/C13H11F2IN2O2/c1-2-17-7-11(16)12(19)18(13(17)20)6-8-3-4-9(14)10(15)5-8/h3-5,7H,2,6H2,1H3. The minimum atomic E-state index is -1.00. The van der Waals surface area contributed by atoms with Crippen molar-refractivity contribution in [1.82, 2.24) is 9.13 Å². The summed E-state index contributed by atoms with van der Waals surface area (Å²) in [7, 11) is 0. The fourth-order valence-electron chi connectivity index (χ4n) is 1.80. The third-order valence-corrected chi connectivity index (χ3v) is 3.60. The van der Waals surface area contributed by atoms with E-state index in [1.54, 1.807) is 6.92 Å². The van der Waals surface area contributed by atoms with E-state index >= 15 is 0 Å². The molecule has 0 unspecified atom stereocenters. The molecule has 2 rings (SSSR count). The molecule has 0 spiro atoms. The number of hydrogen-bond acceptors (Lipinski definition) is 2. The first-order valence-electron chi connectivity index (χ1n) is 5.87. The van der Waals surface area contributed by atoms with Gasteiger partial charge in [-0.25, -0.2) is 13.6 Å². The molecule has 4 nitrogen and oxygen atoms in total. The van der Waals surface area contributed by atoms with E-state index in [1.165, 1.54) is 16.8 Å². The molecule has 7 heteroatoms. The van der Waals surface area contributed by atoms with Crippen molar-refractivity contribution in [3.63, 3.8) is 0 Å². The molecular weight excluding hydrogens is 381 g/mol. The normalized spacial score (nSPS) is 10.8. The number of rotatable bonds is 3. The number of benzene rings is 1. The highest BCUT2D eigenvalue weighted by Gasteiger charge is 2.10. The molecule has 0 aliphatic carbocycles. The summed E-state index contributed by atoms with van der Waals surface area (Å²) in [6.45, 7) is 2.11. The van der Waals surface area contributed by atoms with E-state index < -0.39 is 22.9 Å². The highest BCUT2D eigenvalue weighted by Crippen LogP contribution is 2.09. The topological polar surface area (TPSA) is 44.0 Å². The highest BCUT2D eigenvalue weighted by atomic mass is 127. The van der Waals surface area contributed by atoms with Crippen LogP contribution in [0.3, 0.4) is 0 Å². The van der Waals surface area contributed by atoms with E-state index in [-0.39, 0.29) is 6.54 Å². The molecule has 0 aliphatic heterocycles. The van der Waals surface area contributed by atoms with E-state index in [0.29, 0.717) is 15.7 Å². The molecular formula is C13H11F2IN2O2. The Morgan fingerprint density at radius 2 is 1.90 bits per heavy atom. The Morgan fingerprint density at radius 1 is 1.20 bits per heavy atom. The van der Waals surface area contributed by atoms with Gasteiger partial charge in [0.2, 0.25) is 0 Å². The van der Waals surface area contributed by atoms with Gasteiger partial charge in [0.15, 0.2) is 11.6 Å². The van der Waals surface area contributed by atoms with Crippen LogP contribution in [0, 0.1) is 15.2 Å². The van der Waals surface area contributed by atoms with Gasteiger partial charge in [-0.2, -0.15) is 0 Å². The van der Waals surface area contributed by atoms with Gasteiger partial charge in [-0.3, -0.25) is 13.9 Å². The minimum absolute atomic E-state index is 0.0916. The Bertz CT molecular complexity index is 768. The maximum absolute atomic E-state index is 13.2. The Hall–Kier alpha value is -1.51. The van der Waals surface area contributed by atoms with E-state index in [2.05, 4.69) is 0 Å². The van der Waals surface area contributed by atoms with E-state index in [1.807, 2.05) is 22.6 Å². The Morgan fingerprint density at radius 3 is 2.50 bits per heavy atom. The van der Waals surface area contributed by atoms with Crippen molar-refractivity contribution >= 4 is 22.6 Å². The van der Waals surface area contributed by atoms with Gasteiger partial charge in [-0.1, -0.05) is 6.07 Å². The van der Waals surface area contributed by atoms with Crippen molar-refractivity contribution in [2.24, 2.45) is 0 Å². The van der Waals surface area contributed by atoms with Crippen LogP contribution in [0.2, 0.25) is 0 Å². The average molecular weight is 392 g/mol. The molecule has 20 heavy (non-hydrogen) atoms. The Balaban J connectivity index is 2.53. The molecule has 0 saturated heterocycles. The second-order valence-corrected chi connectivity index (χ2v) is 5.35. The van der Waals surface area contributed by atoms with Crippen LogP contribution in [0.25, 0.3) is 0 Å². The van der Waals surface area contributed by atoms with Crippen LogP contribution < -0.4 is 11.2 Å². The Kier molecular flexibility index (Phi) is 4.36. The second kappa shape index (κ2) is 5.86. The quantitative estimate of drug-likeness (QED) is 0.750. The predicted octanol–water partition coefficient (Wildman–Crippen LogP) is 1.96. The third kappa shape index (κ3) is 2.82. The molecule has 0 bridgehead atoms. The highest BCUT2D eigenvalue weighted by molar-refractivity contribution is 14.1. The Labute approximate surface area is 126 Å². The number of aromatic nitrogens is 2. The van der Waals surface area contributed by atoms with Crippen LogP contribution in [0.1, 0.15) is 12.5 Å². The first-order chi connectivity index (χ1) is 9.43. The average Bonchev–Trinajstić information content (AvgIpc) is 2.42. The molecule has 0 atom stereocenters. The summed E-state index contributed by atoms with van der Waals surface area (Å²) in [5.74, 6) is -1.97. The minimum Gasteiger partial charge on any atom is -0.300 e. The van der Waals surface area contributed by atoms with Crippen LogP contribution >= 0.6 is 22.6 Å². The molecule has 0 N–H and O–H groups in total. The summed E-state index contributed by atoms with van der Waals surface area (Å²) < 4.78 is 28.8. The van der Waals surface area contributed by atoms with Gasteiger partial charge in [0.1, 0.15) is 0 Å². The lowest BCUT2D eigenvalue weighted by molar-refractivity contribution is 0.505. The van der Waals surface area contributed by atoms with Crippen molar-refractivity contribution in [2.45, 2.75) is 20.0 Å². The lowest BCUT2D eigenvalue weighted by Crippen LogP contribution is -2.40. The van der Waals surface area contributed by atoms with E-state index in [9.17, 15) is 18.4 Å². The van der Waals surface area contributed by atoms with Crippen LogP contribution in [-0.4, -0.2) is 9.13 Å². The monoisotopic (exact) mass is 392 g/mol. The number of aryl methyl sites for hydroxylation is 1. The third-order valence-electron chi connectivity index (χ3n) is 2.86. The molecule has 0 aliphatic rings. The van der Waals surface area contributed by atoms with Crippen LogP contribution in [0.15, 0.2) is 34.0 Å². The molecule has 0 radical (unpaired) electrons. The van der Waals surface area contributed by atoms with Gasteiger partial charge in [0, 0.05) is 12.7 Å². The maximum atomic E-state index is 13.2. The van der Waals surface area contributed by atoms with Crippen LogP contribution in [0.5, 0.6) is 0 Å². The molecule has 0 fully saturated rings. The lowest BCUT2D eigenvalue weighted by atomic mass is 10.2. The molecule has 106 valence electrons. The van der Waals surface area contributed by atoms with Crippen molar-refractivity contribution < 1.29 is 8.78 Å². The zero-order valence-corrected chi connectivity index (χ0v) is 12.7. The van der Waals surface area contributed by atoms with Crippen molar-refractivity contribution in [2.75, 3.05) is 0 Å². The molecule has 2 aromatic rings. The van der Waals surface area contributed by atoms with Crippen LogP contribution in [-0.2, 0) is 13.1 Å². The molecule has 1 aromatic heterocycles. The van der Waals surface area contributed by atoms with Gasteiger partial charge >= 0.3 is 5.69 Å². The predicted molar refractivity (Wildman–Crippen MR) is 78.8 cm³/mol. The first-order valence-corrected chi connectivity index (χ1v) is 6.95. The number of nitrogens with zero attached hydrogens (tertiary/aromatic N) is 2. The first kappa shape index (κ1) is 14.9. The largest absolute Gasteiger partial charge is 0.331 e. The number of halogens is 3. The summed E-state index contributed by atoms with van der Waals surface area (Å²) in [5, 5.41) is 0. The van der Waals surface area contributed by atoms with E-state index in [0.717, 1.165) is 16.7 Å². The summed E-state index contributed by atoms with van der Waals surface area (Å²) in [6.07, 6.45) is 1.48. The van der Waals surface area contributed by atoms with Gasteiger partial charge in [-0.05, 0) is 47.2 Å². The van der Waals surface area contributed by atoms with Gasteiger partial charge in [0.25, 0.3) is 5.56 Å². The van der Waals surface area contributed by atoms with Gasteiger partial charge < -0.3 is 0 Å².